The average molecular weight is 228 g/mol. The van der Waals surface area contributed by atoms with Gasteiger partial charge in [-0.05, 0) is 18.4 Å². The summed E-state index contributed by atoms with van der Waals surface area (Å²) in [5.74, 6) is -0.739. The fraction of sp³-hybridized carbons (Fsp3) is 0.778. The molecule has 0 rings (SSSR count). The molecule has 90 valence electrons. The van der Waals surface area contributed by atoms with Gasteiger partial charge in [0.05, 0.1) is 7.11 Å². The van der Waals surface area contributed by atoms with Gasteiger partial charge in [-0.2, -0.15) is 0 Å². The van der Waals surface area contributed by atoms with Crippen molar-refractivity contribution in [2.75, 3.05) is 13.7 Å². The summed E-state index contributed by atoms with van der Waals surface area (Å²) in [6.45, 7) is 2.01. The van der Waals surface area contributed by atoms with Gasteiger partial charge in [0.25, 0.3) is 0 Å². The Morgan fingerprint density at radius 1 is 1.56 bits per heavy atom. The number of nitrogens with one attached hydrogen (secondary N) is 1. The van der Waals surface area contributed by atoms with Gasteiger partial charge in [0.1, 0.15) is 6.04 Å². The Balaban J connectivity index is 4.25. The van der Waals surface area contributed by atoms with E-state index >= 15 is 0 Å². The van der Waals surface area contributed by atoms with Crippen LogP contribution in [0.4, 0.5) is 0 Å². The van der Waals surface area contributed by atoms with Gasteiger partial charge in [-0.25, -0.2) is 4.79 Å². The van der Waals surface area contributed by atoms with Gasteiger partial charge < -0.3 is 10.1 Å². The summed E-state index contributed by atoms with van der Waals surface area (Å²) in [6, 6.07) is -0.741. The molecule has 0 aliphatic heterocycles. The van der Waals surface area contributed by atoms with Crippen LogP contribution in [0.3, 0.4) is 0 Å². The minimum absolute atomic E-state index is 0.142. The molecule has 1 amide bonds. The lowest BCUT2D eigenvalue weighted by atomic mass is 10.2. The normalized spacial score (nSPS) is 11.1. The predicted octanol–water partition coefficient (Wildman–Crippen LogP) is 1.14. The van der Waals surface area contributed by atoms with Crippen LogP contribution in [-0.2, 0) is 14.3 Å². The molecule has 1 N–H and O–H groups in total. The van der Waals surface area contributed by atoms with Gasteiger partial charge in [0, 0.05) is 17.9 Å². The van der Waals surface area contributed by atoms with E-state index in [0.717, 1.165) is 0 Å². The van der Waals surface area contributed by atoms with Gasteiger partial charge in [-0.3, -0.25) is 4.79 Å². The maximum Gasteiger partial charge on any atom is 0.328 e. The van der Waals surface area contributed by atoms with Crippen LogP contribution in [0.25, 0.3) is 10.4 Å². The molecule has 0 saturated heterocycles. The van der Waals surface area contributed by atoms with Gasteiger partial charge in [-0.1, -0.05) is 12.0 Å². The van der Waals surface area contributed by atoms with Crippen molar-refractivity contribution < 1.29 is 14.3 Å². The molecule has 0 radical (unpaired) electrons. The summed E-state index contributed by atoms with van der Waals surface area (Å²) in [5.41, 5.74) is 8.10. The third-order valence-corrected chi connectivity index (χ3v) is 1.88. The van der Waals surface area contributed by atoms with Crippen molar-refractivity contribution >= 4 is 11.9 Å². The second kappa shape index (κ2) is 8.55. The molecule has 0 aromatic carbocycles. The number of carbonyl (C=O) groups is 2. The second-order valence-electron chi connectivity index (χ2n) is 3.14. The molecular formula is C9H16N4O3. The monoisotopic (exact) mass is 228 g/mol. The highest BCUT2D eigenvalue weighted by Crippen LogP contribution is 1.98. The SMILES string of the molecule is CCCC(=O)N[C@@H](CCN=[N+]=[N-])C(=O)OC. The van der Waals surface area contributed by atoms with Gasteiger partial charge in [0.15, 0.2) is 0 Å². The molecule has 0 aliphatic carbocycles. The first kappa shape index (κ1) is 14.2. The first-order valence-corrected chi connectivity index (χ1v) is 5.03. The van der Waals surface area contributed by atoms with Crippen molar-refractivity contribution in [2.24, 2.45) is 5.11 Å². The van der Waals surface area contributed by atoms with E-state index in [1.54, 1.807) is 0 Å². The number of azide groups is 1. The maximum absolute atomic E-state index is 11.3. The number of nitrogens with zero attached hydrogens (tertiary/aromatic N) is 3. The van der Waals surface area contributed by atoms with E-state index in [9.17, 15) is 9.59 Å². The summed E-state index contributed by atoms with van der Waals surface area (Å²) in [4.78, 5) is 25.1. The molecule has 7 nitrogen and oxygen atoms in total. The van der Waals surface area contributed by atoms with Crippen molar-refractivity contribution in [3.63, 3.8) is 0 Å². The molecule has 0 unspecified atom stereocenters. The van der Waals surface area contributed by atoms with Crippen LogP contribution in [0.5, 0.6) is 0 Å². The molecule has 7 heteroatoms. The topological polar surface area (TPSA) is 104 Å². The average Bonchev–Trinajstić information content (AvgIpc) is 2.27. The third kappa shape index (κ3) is 5.87. The standard InChI is InChI=1S/C9H16N4O3/c1-3-4-8(14)12-7(9(15)16-2)5-6-11-13-10/h7H,3-6H2,1-2H3,(H,12,14)/t7-/m0/s1. The zero-order chi connectivity index (χ0) is 12.4. The van der Waals surface area contributed by atoms with Gasteiger partial charge >= 0.3 is 5.97 Å². The summed E-state index contributed by atoms with van der Waals surface area (Å²) in [6.07, 6.45) is 1.30. The zero-order valence-electron chi connectivity index (χ0n) is 9.47. The third-order valence-electron chi connectivity index (χ3n) is 1.88. The number of esters is 1. The molecule has 0 aromatic rings. The lowest BCUT2D eigenvalue weighted by Crippen LogP contribution is -2.41. The summed E-state index contributed by atoms with van der Waals surface area (Å²) in [5, 5.41) is 5.83. The van der Waals surface area contributed by atoms with E-state index in [1.807, 2.05) is 6.92 Å². The number of ether oxygens (including phenoxy) is 1. The molecule has 0 heterocycles. The maximum atomic E-state index is 11.3. The van der Waals surface area contributed by atoms with Crippen molar-refractivity contribution in [3.05, 3.63) is 10.4 Å². The highest BCUT2D eigenvalue weighted by molar-refractivity contribution is 5.84. The van der Waals surface area contributed by atoms with Crippen molar-refractivity contribution in [1.29, 1.82) is 0 Å². The molecule has 0 fully saturated rings. The Morgan fingerprint density at radius 3 is 2.75 bits per heavy atom. The van der Waals surface area contributed by atoms with Crippen molar-refractivity contribution in [1.82, 2.24) is 5.32 Å². The highest BCUT2D eigenvalue weighted by Gasteiger charge is 2.20. The zero-order valence-corrected chi connectivity index (χ0v) is 9.47. The fourth-order valence-corrected chi connectivity index (χ4v) is 1.12. The summed E-state index contributed by atoms with van der Waals surface area (Å²) >= 11 is 0. The first-order chi connectivity index (χ1) is 7.65. The van der Waals surface area contributed by atoms with Crippen LogP contribution in [0.2, 0.25) is 0 Å². The molecule has 0 saturated carbocycles. The number of hydrogen-bond donors (Lipinski definition) is 1. The quantitative estimate of drug-likeness (QED) is 0.306. The molecule has 16 heavy (non-hydrogen) atoms. The van der Waals surface area contributed by atoms with Crippen LogP contribution >= 0.6 is 0 Å². The van der Waals surface area contributed by atoms with E-state index < -0.39 is 12.0 Å². The van der Waals surface area contributed by atoms with Crippen molar-refractivity contribution in [2.45, 2.75) is 32.2 Å². The van der Waals surface area contributed by atoms with E-state index in [1.165, 1.54) is 7.11 Å². The first-order valence-electron chi connectivity index (χ1n) is 5.03. The Kier molecular flexibility index (Phi) is 7.61. The lowest BCUT2D eigenvalue weighted by molar-refractivity contribution is -0.145. The van der Waals surface area contributed by atoms with E-state index in [-0.39, 0.29) is 18.9 Å². The number of rotatable bonds is 7. The number of carbonyl (C=O) groups excluding carboxylic acids is 2. The molecule has 0 aromatic heterocycles. The Labute approximate surface area is 93.8 Å². The number of hydrogen-bond acceptors (Lipinski definition) is 4. The fourth-order valence-electron chi connectivity index (χ4n) is 1.12. The van der Waals surface area contributed by atoms with E-state index in [4.69, 9.17) is 5.53 Å². The predicted molar refractivity (Wildman–Crippen MR) is 57.5 cm³/mol. The Hall–Kier alpha value is -1.75. The van der Waals surface area contributed by atoms with Crippen LogP contribution in [0.15, 0.2) is 5.11 Å². The largest absolute Gasteiger partial charge is 0.467 e. The lowest BCUT2D eigenvalue weighted by Gasteiger charge is -2.15. The van der Waals surface area contributed by atoms with Crippen LogP contribution in [0.1, 0.15) is 26.2 Å². The molecule has 0 spiro atoms. The van der Waals surface area contributed by atoms with Crippen LogP contribution in [0, 0.1) is 0 Å². The Morgan fingerprint density at radius 2 is 2.25 bits per heavy atom. The molecular weight excluding hydrogens is 212 g/mol. The highest BCUT2D eigenvalue weighted by atomic mass is 16.5. The summed E-state index contributed by atoms with van der Waals surface area (Å²) < 4.78 is 4.53. The Bertz CT molecular complexity index is 286. The second-order valence-corrected chi connectivity index (χ2v) is 3.14. The van der Waals surface area contributed by atoms with E-state index in [0.29, 0.717) is 12.8 Å². The molecule has 0 bridgehead atoms. The minimum Gasteiger partial charge on any atom is -0.467 e. The number of amides is 1. The van der Waals surface area contributed by atoms with Gasteiger partial charge in [-0.15, -0.1) is 0 Å². The molecule has 1 atom stereocenters. The summed E-state index contributed by atoms with van der Waals surface area (Å²) in [7, 11) is 1.24. The van der Waals surface area contributed by atoms with Gasteiger partial charge in [0.2, 0.25) is 5.91 Å². The van der Waals surface area contributed by atoms with Crippen LogP contribution in [-0.4, -0.2) is 31.6 Å². The smallest absolute Gasteiger partial charge is 0.328 e. The minimum atomic E-state index is -0.741. The van der Waals surface area contributed by atoms with E-state index in [2.05, 4.69) is 20.1 Å². The number of methoxy groups -OCH3 is 1. The molecule has 0 aliphatic rings. The van der Waals surface area contributed by atoms with Crippen molar-refractivity contribution in [3.8, 4) is 0 Å². The van der Waals surface area contributed by atoms with Crippen LogP contribution < -0.4 is 5.32 Å².